The number of nitrogens with zero attached hydrogens (tertiary/aromatic N) is 3. The maximum Gasteiger partial charge on any atom is 0.191 e. The molecule has 2 N–H and O–H groups in total. The van der Waals surface area contributed by atoms with Crippen LogP contribution in [0.3, 0.4) is 0 Å². The third-order valence-electron chi connectivity index (χ3n) is 5.94. The van der Waals surface area contributed by atoms with Crippen LogP contribution in [0.2, 0.25) is 0 Å². The van der Waals surface area contributed by atoms with E-state index < -0.39 is 0 Å². The van der Waals surface area contributed by atoms with E-state index in [9.17, 15) is 0 Å². The molecule has 0 aliphatic carbocycles. The maximum atomic E-state index is 5.88. The molecule has 0 aromatic heterocycles. The largest absolute Gasteiger partial charge is 0.492 e. The summed E-state index contributed by atoms with van der Waals surface area (Å²) in [7, 11) is 1.82. The molecule has 0 saturated carbocycles. The van der Waals surface area contributed by atoms with E-state index in [1.54, 1.807) is 0 Å². The summed E-state index contributed by atoms with van der Waals surface area (Å²) in [5.74, 6) is 2.32. The van der Waals surface area contributed by atoms with Gasteiger partial charge >= 0.3 is 0 Å². The third-order valence-corrected chi connectivity index (χ3v) is 5.94. The first-order valence-electron chi connectivity index (χ1n) is 11.8. The van der Waals surface area contributed by atoms with Crippen LogP contribution in [0.15, 0.2) is 29.3 Å². The SMILES string of the molecule is CCN(CC)CCOc1ccc(CNC(=NC)NCC(C(C)C)N2CCOCC2)cc1. The van der Waals surface area contributed by atoms with Gasteiger partial charge in [0.2, 0.25) is 0 Å². The molecule has 1 heterocycles. The monoisotopic (exact) mass is 433 g/mol. The quantitative estimate of drug-likeness (QED) is 0.390. The predicted octanol–water partition coefficient (Wildman–Crippen LogP) is 2.43. The molecule has 0 amide bonds. The fourth-order valence-corrected chi connectivity index (χ4v) is 3.84. The second kappa shape index (κ2) is 14.3. The van der Waals surface area contributed by atoms with Gasteiger partial charge in [0.05, 0.1) is 13.2 Å². The van der Waals surface area contributed by atoms with Gasteiger partial charge in [-0.15, -0.1) is 0 Å². The highest BCUT2D eigenvalue weighted by molar-refractivity contribution is 5.79. The van der Waals surface area contributed by atoms with Gasteiger partial charge in [-0.05, 0) is 36.7 Å². The number of guanidine groups is 1. The Hall–Kier alpha value is -1.83. The fraction of sp³-hybridized carbons (Fsp3) is 0.708. The van der Waals surface area contributed by atoms with Crippen molar-refractivity contribution in [2.75, 3.05) is 66.1 Å². The van der Waals surface area contributed by atoms with E-state index in [1.807, 2.05) is 19.2 Å². The average Bonchev–Trinajstić information content (AvgIpc) is 2.80. The van der Waals surface area contributed by atoms with Crippen molar-refractivity contribution in [3.8, 4) is 5.75 Å². The summed E-state index contributed by atoms with van der Waals surface area (Å²) in [6, 6.07) is 8.77. The van der Waals surface area contributed by atoms with Crippen molar-refractivity contribution in [1.82, 2.24) is 20.4 Å². The number of likely N-dealkylation sites (N-methyl/N-ethyl adjacent to an activating group) is 1. The lowest BCUT2D eigenvalue weighted by Crippen LogP contribution is -2.52. The summed E-state index contributed by atoms with van der Waals surface area (Å²) in [4.78, 5) is 9.27. The van der Waals surface area contributed by atoms with Gasteiger partial charge in [0.1, 0.15) is 12.4 Å². The Labute approximate surface area is 189 Å². The molecule has 1 fully saturated rings. The number of aliphatic imine (C=N–C) groups is 1. The number of benzene rings is 1. The molecule has 31 heavy (non-hydrogen) atoms. The molecule has 0 radical (unpaired) electrons. The van der Waals surface area contributed by atoms with E-state index in [0.29, 0.717) is 12.0 Å². The minimum atomic E-state index is 0.468. The molecule has 1 aromatic rings. The average molecular weight is 434 g/mol. The molecule has 7 nitrogen and oxygen atoms in total. The maximum absolute atomic E-state index is 5.88. The molecule has 1 aliphatic rings. The summed E-state index contributed by atoms with van der Waals surface area (Å²) in [5, 5.41) is 6.93. The van der Waals surface area contributed by atoms with E-state index in [1.165, 1.54) is 5.56 Å². The molecule has 2 rings (SSSR count). The Bertz CT molecular complexity index is 625. The topological polar surface area (TPSA) is 61.4 Å². The molecule has 1 atom stereocenters. The first-order chi connectivity index (χ1) is 15.1. The predicted molar refractivity (Wildman–Crippen MR) is 129 cm³/mol. The van der Waals surface area contributed by atoms with E-state index in [2.05, 4.69) is 65.3 Å². The molecule has 0 spiro atoms. The molecule has 0 bridgehead atoms. The van der Waals surface area contributed by atoms with Gasteiger partial charge in [-0.25, -0.2) is 0 Å². The molecule has 1 unspecified atom stereocenters. The molecule has 7 heteroatoms. The van der Waals surface area contributed by atoms with Crippen molar-refractivity contribution in [1.29, 1.82) is 0 Å². The normalized spacial score (nSPS) is 16.5. The molecule has 1 aliphatic heterocycles. The molecule has 176 valence electrons. The van der Waals surface area contributed by atoms with E-state index >= 15 is 0 Å². The summed E-state index contributed by atoms with van der Waals surface area (Å²) >= 11 is 0. The van der Waals surface area contributed by atoms with Crippen LogP contribution in [0, 0.1) is 5.92 Å². The zero-order chi connectivity index (χ0) is 22.5. The van der Waals surface area contributed by atoms with Gasteiger partial charge in [0, 0.05) is 45.8 Å². The number of ether oxygens (including phenoxy) is 2. The van der Waals surface area contributed by atoms with Crippen LogP contribution in [0.4, 0.5) is 0 Å². The van der Waals surface area contributed by atoms with E-state index in [4.69, 9.17) is 9.47 Å². The highest BCUT2D eigenvalue weighted by Gasteiger charge is 2.23. The standard InChI is InChI=1S/C24H43N5O2/c1-6-28(7-2)12-17-31-22-10-8-21(9-11-22)18-26-24(25-5)27-19-23(20(3)4)29-13-15-30-16-14-29/h8-11,20,23H,6-7,12-19H2,1-5H3,(H2,25,26,27). The first kappa shape index (κ1) is 25.4. The van der Waals surface area contributed by atoms with Crippen LogP contribution in [0.25, 0.3) is 0 Å². The summed E-state index contributed by atoms with van der Waals surface area (Å²) in [6.45, 7) is 18.0. The first-order valence-corrected chi connectivity index (χ1v) is 11.8. The van der Waals surface area contributed by atoms with Gasteiger partial charge in [0.25, 0.3) is 0 Å². The zero-order valence-corrected chi connectivity index (χ0v) is 20.2. The lowest BCUT2D eigenvalue weighted by atomic mass is 10.0. The van der Waals surface area contributed by atoms with Crippen molar-refractivity contribution in [2.24, 2.45) is 10.9 Å². The van der Waals surface area contributed by atoms with Gasteiger partial charge in [-0.1, -0.05) is 39.8 Å². The van der Waals surface area contributed by atoms with Gasteiger partial charge < -0.3 is 25.0 Å². The summed E-state index contributed by atoms with van der Waals surface area (Å²) < 4.78 is 11.4. The lowest BCUT2D eigenvalue weighted by Gasteiger charge is -2.37. The third kappa shape index (κ3) is 9.05. The Morgan fingerprint density at radius 1 is 1.13 bits per heavy atom. The van der Waals surface area contributed by atoms with Gasteiger partial charge in [0.15, 0.2) is 5.96 Å². The number of hydrogen-bond donors (Lipinski definition) is 2. The van der Waals surface area contributed by atoms with Crippen LogP contribution < -0.4 is 15.4 Å². The van der Waals surface area contributed by atoms with Crippen molar-refractivity contribution in [2.45, 2.75) is 40.3 Å². The Balaban J connectivity index is 1.75. The highest BCUT2D eigenvalue weighted by atomic mass is 16.5. The van der Waals surface area contributed by atoms with Crippen LogP contribution in [0.1, 0.15) is 33.3 Å². The fourth-order valence-electron chi connectivity index (χ4n) is 3.84. The Kier molecular flexibility index (Phi) is 11.7. The minimum Gasteiger partial charge on any atom is -0.492 e. The Morgan fingerprint density at radius 3 is 2.39 bits per heavy atom. The van der Waals surface area contributed by atoms with Crippen LogP contribution in [-0.2, 0) is 11.3 Å². The van der Waals surface area contributed by atoms with Crippen molar-refractivity contribution >= 4 is 5.96 Å². The van der Waals surface area contributed by atoms with Crippen molar-refractivity contribution < 1.29 is 9.47 Å². The summed E-state index contributed by atoms with van der Waals surface area (Å²) in [6.07, 6.45) is 0. The summed E-state index contributed by atoms with van der Waals surface area (Å²) in [5.41, 5.74) is 1.20. The second-order valence-electron chi connectivity index (χ2n) is 8.29. The van der Waals surface area contributed by atoms with Crippen molar-refractivity contribution in [3.05, 3.63) is 29.8 Å². The lowest BCUT2D eigenvalue weighted by molar-refractivity contribution is 0.00752. The zero-order valence-electron chi connectivity index (χ0n) is 20.2. The molecule has 1 aromatic carbocycles. The van der Waals surface area contributed by atoms with Crippen molar-refractivity contribution in [3.63, 3.8) is 0 Å². The Morgan fingerprint density at radius 2 is 1.81 bits per heavy atom. The highest BCUT2D eigenvalue weighted by Crippen LogP contribution is 2.13. The van der Waals surface area contributed by atoms with Gasteiger partial charge in [-0.2, -0.15) is 0 Å². The molecular weight excluding hydrogens is 390 g/mol. The number of rotatable bonds is 12. The number of morpholine rings is 1. The van der Waals surface area contributed by atoms with Crippen LogP contribution >= 0.6 is 0 Å². The van der Waals surface area contributed by atoms with Gasteiger partial charge in [-0.3, -0.25) is 9.89 Å². The van der Waals surface area contributed by atoms with E-state index in [0.717, 1.165) is 77.3 Å². The number of hydrogen-bond acceptors (Lipinski definition) is 5. The van der Waals surface area contributed by atoms with E-state index in [-0.39, 0.29) is 0 Å². The van der Waals surface area contributed by atoms with Crippen LogP contribution in [-0.4, -0.2) is 87.9 Å². The number of nitrogens with one attached hydrogen (secondary N) is 2. The molecular formula is C24H43N5O2. The smallest absolute Gasteiger partial charge is 0.191 e. The van der Waals surface area contributed by atoms with Crippen LogP contribution in [0.5, 0.6) is 5.75 Å². The molecule has 1 saturated heterocycles. The minimum absolute atomic E-state index is 0.468. The second-order valence-corrected chi connectivity index (χ2v) is 8.29.